The van der Waals surface area contributed by atoms with Crippen LogP contribution in [0.1, 0.15) is 232 Å². The molecule has 0 radical (unpaired) electrons. The van der Waals surface area contributed by atoms with Crippen molar-refractivity contribution in [1.82, 2.24) is 0 Å². The van der Waals surface area contributed by atoms with Crippen LogP contribution < -0.4 is 5.73 Å². The molecular weight excluding hydrogens is 834 g/mol. The molecular formula is C55H98NO8P. The van der Waals surface area contributed by atoms with E-state index in [4.69, 9.17) is 24.3 Å². The van der Waals surface area contributed by atoms with E-state index in [2.05, 4.69) is 86.8 Å². The van der Waals surface area contributed by atoms with Crippen LogP contribution in [0.4, 0.5) is 0 Å². The number of esters is 2. The normalized spacial score (nSPS) is 13.7. The topological polar surface area (TPSA) is 134 Å². The molecule has 0 saturated carbocycles. The standard InChI is InChI=1S/C55H98NO8P/c1-3-5-7-9-11-13-15-17-19-21-22-23-24-25-26-27-28-29-30-32-34-36-38-40-42-44-46-48-55(58)64-53(52-63-65(59,60)62-50-49-56)51-61-54(57)47-45-43-41-39-37-35-33-31-20-18-16-14-12-10-8-6-4-2/h5,7,11,13,17,19,22-23,25-26,28-29,53H,3-4,6,8-10,12,14-16,18,20-21,24,27,30-52,56H2,1-2H3,(H,59,60)/b7-5-,13-11-,19-17-,23-22-,26-25-,29-28-. The van der Waals surface area contributed by atoms with Crippen LogP contribution in [0.15, 0.2) is 72.9 Å². The van der Waals surface area contributed by atoms with E-state index >= 15 is 0 Å². The van der Waals surface area contributed by atoms with Crippen LogP contribution in [0.5, 0.6) is 0 Å². The molecule has 0 aliphatic heterocycles. The highest BCUT2D eigenvalue weighted by molar-refractivity contribution is 7.47. The zero-order valence-electron chi connectivity index (χ0n) is 41.7. The van der Waals surface area contributed by atoms with E-state index in [9.17, 15) is 19.0 Å². The number of unbranched alkanes of at least 4 members (excludes halogenated alkanes) is 24. The maximum atomic E-state index is 12.7. The number of nitrogens with two attached hydrogens (primary N) is 1. The van der Waals surface area contributed by atoms with Crippen LogP contribution in [0.3, 0.4) is 0 Å². The van der Waals surface area contributed by atoms with Crippen LogP contribution in [0.2, 0.25) is 0 Å². The first-order chi connectivity index (χ1) is 31.8. The van der Waals surface area contributed by atoms with Gasteiger partial charge in [-0.25, -0.2) is 4.57 Å². The fourth-order valence-electron chi connectivity index (χ4n) is 7.23. The Kier molecular flexibility index (Phi) is 48.9. The van der Waals surface area contributed by atoms with Gasteiger partial charge >= 0.3 is 19.8 Å². The Morgan fingerprint density at radius 3 is 1.26 bits per heavy atom. The minimum Gasteiger partial charge on any atom is -0.462 e. The molecule has 0 saturated heterocycles. The summed E-state index contributed by atoms with van der Waals surface area (Å²) in [5.41, 5.74) is 5.37. The van der Waals surface area contributed by atoms with Gasteiger partial charge in [0.25, 0.3) is 0 Å². The van der Waals surface area contributed by atoms with Crippen LogP contribution in [0.25, 0.3) is 0 Å². The highest BCUT2D eigenvalue weighted by atomic mass is 31.2. The second-order valence-corrected chi connectivity index (χ2v) is 18.8. The van der Waals surface area contributed by atoms with Gasteiger partial charge in [0.15, 0.2) is 6.10 Å². The lowest BCUT2D eigenvalue weighted by atomic mass is 10.0. The molecule has 3 N–H and O–H groups in total. The number of carbonyl (C=O) groups is 2. The lowest BCUT2D eigenvalue weighted by molar-refractivity contribution is -0.161. The van der Waals surface area contributed by atoms with E-state index in [1.807, 2.05) is 0 Å². The molecule has 0 aromatic heterocycles. The molecule has 0 aliphatic carbocycles. The van der Waals surface area contributed by atoms with Gasteiger partial charge in [-0.3, -0.25) is 18.6 Å². The first-order valence-electron chi connectivity index (χ1n) is 26.4. The maximum absolute atomic E-state index is 12.7. The molecule has 0 aliphatic rings. The third kappa shape index (κ3) is 50.7. The van der Waals surface area contributed by atoms with Gasteiger partial charge in [0.2, 0.25) is 0 Å². The first-order valence-corrected chi connectivity index (χ1v) is 27.9. The molecule has 0 aromatic carbocycles. The van der Waals surface area contributed by atoms with Crippen molar-refractivity contribution in [3.8, 4) is 0 Å². The largest absolute Gasteiger partial charge is 0.472 e. The summed E-state index contributed by atoms with van der Waals surface area (Å²) in [6.07, 6.45) is 63.7. The molecule has 376 valence electrons. The van der Waals surface area contributed by atoms with Crippen LogP contribution in [-0.2, 0) is 32.7 Å². The molecule has 2 atom stereocenters. The fourth-order valence-corrected chi connectivity index (χ4v) is 7.99. The number of hydrogen-bond acceptors (Lipinski definition) is 8. The van der Waals surface area contributed by atoms with Gasteiger partial charge in [-0.1, -0.05) is 228 Å². The lowest BCUT2D eigenvalue weighted by Gasteiger charge is -2.19. The van der Waals surface area contributed by atoms with Crippen molar-refractivity contribution in [3.63, 3.8) is 0 Å². The molecule has 0 bridgehead atoms. The number of phosphoric acid groups is 1. The van der Waals surface area contributed by atoms with E-state index in [1.54, 1.807) is 0 Å². The number of hydrogen-bond donors (Lipinski definition) is 2. The highest BCUT2D eigenvalue weighted by Crippen LogP contribution is 2.43. The van der Waals surface area contributed by atoms with Gasteiger partial charge in [0.1, 0.15) is 6.61 Å². The Morgan fingerprint density at radius 2 is 0.846 bits per heavy atom. The summed E-state index contributed by atoms with van der Waals surface area (Å²) in [5.74, 6) is -0.833. The van der Waals surface area contributed by atoms with Crippen molar-refractivity contribution in [2.45, 2.75) is 238 Å². The summed E-state index contributed by atoms with van der Waals surface area (Å²) in [6, 6.07) is 0. The van der Waals surface area contributed by atoms with Gasteiger partial charge in [-0.15, -0.1) is 0 Å². The highest BCUT2D eigenvalue weighted by Gasteiger charge is 2.26. The summed E-state index contributed by atoms with van der Waals surface area (Å²) in [7, 11) is -4.39. The summed E-state index contributed by atoms with van der Waals surface area (Å²) >= 11 is 0. The number of allylic oxidation sites excluding steroid dienone is 12. The number of ether oxygens (including phenoxy) is 2. The Labute approximate surface area is 399 Å². The number of rotatable bonds is 49. The molecule has 10 heteroatoms. The molecule has 65 heavy (non-hydrogen) atoms. The average Bonchev–Trinajstić information content (AvgIpc) is 3.30. The SMILES string of the molecule is CC/C=C\C/C=C\C/C=C\C/C=C\C/C=C\C/C=C\CCCCCCCCCCC(=O)OC(COC(=O)CCCCCCCCCCCCCCCCCCC)COP(=O)(O)OCCN. The third-order valence-electron chi connectivity index (χ3n) is 11.1. The average molecular weight is 932 g/mol. The molecule has 0 heterocycles. The smallest absolute Gasteiger partial charge is 0.462 e. The Bertz CT molecular complexity index is 1290. The second-order valence-electron chi connectivity index (χ2n) is 17.4. The van der Waals surface area contributed by atoms with Crippen molar-refractivity contribution in [3.05, 3.63) is 72.9 Å². The predicted octanol–water partition coefficient (Wildman–Crippen LogP) is 16.2. The van der Waals surface area contributed by atoms with Crippen molar-refractivity contribution < 1.29 is 37.6 Å². The van der Waals surface area contributed by atoms with E-state index in [-0.39, 0.29) is 38.6 Å². The van der Waals surface area contributed by atoms with Gasteiger partial charge in [-0.05, 0) is 64.2 Å². The van der Waals surface area contributed by atoms with Gasteiger partial charge in [0, 0.05) is 19.4 Å². The van der Waals surface area contributed by atoms with Crippen molar-refractivity contribution in [2.24, 2.45) is 5.73 Å². The summed E-state index contributed by atoms with van der Waals surface area (Å²) in [5, 5.41) is 0. The van der Waals surface area contributed by atoms with Crippen LogP contribution in [0, 0.1) is 0 Å². The van der Waals surface area contributed by atoms with Crippen LogP contribution in [-0.4, -0.2) is 49.3 Å². The van der Waals surface area contributed by atoms with Crippen molar-refractivity contribution in [1.29, 1.82) is 0 Å². The third-order valence-corrected chi connectivity index (χ3v) is 12.1. The van der Waals surface area contributed by atoms with Gasteiger partial charge in [0.05, 0.1) is 13.2 Å². The van der Waals surface area contributed by atoms with Crippen molar-refractivity contribution in [2.75, 3.05) is 26.4 Å². The van der Waals surface area contributed by atoms with Gasteiger partial charge < -0.3 is 20.1 Å². The molecule has 2 unspecified atom stereocenters. The zero-order valence-corrected chi connectivity index (χ0v) is 42.6. The Morgan fingerprint density at radius 1 is 0.477 bits per heavy atom. The van der Waals surface area contributed by atoms with E-state index in [0.29, 0.717) is 6.42 Å². The zero-order chi connectivity index (χ0) is 47.4. The number of phosphoric ester groups is 1. The van der Waals surface area contributed by atoms with Crippen LogP contribution >= 0.6 is 7.82 Å². The number of carbonyl (C=O) groups excluding carboxylic acids is 2. The predicted molar refractivity (Wildman–Crippen MR) is 275 cm³/mol. The molecule has 0 fully saturated rings. The van der Waals surface area contributed by atoms with Crippen molar-refractivity contribution >= 4 is 19.8 Å². The van der Waals surface area contributed by atoms with E-state index in [1.165, 1.54) is 116 Å². The molecule has 0 spiro atoms. The molecule has 0 aromatic rings. The fraction of sp³-hybridized carbons (Fsp3) is 0.745. The Hall–Kier alpha value is -2.55. The van der Waals surface area contributed by atoms with E-state index in [0.717, 1.165) is 83.5 Å². The summed E-state index contributed by atoms with van der Waals surface area (Å²) < 4.78 is 33.0. The summed E-state index contributed by atoms with van der Waals surface area (Å²) in [6.45, 7) is 3.63. The Balaban J connectivity index is 4.05. The molecule has 0 amide bonds. The second kappa shape index (κ2) is 50.9. The quantitative estimate of drug-likeness (QED) is 0.0265. The molecule has 9 nitrogen and oxygen atoms in total. The lowest BCUT2D eigenvalue weighted by Crippen LogP contribution is -2.29. The van der Waals surface area contributed by atoms with Gasteiger partial charge in [-0.2, -0.15) is 0 Å². The molecule has 0 rings (SSSR count). The minimum atomic E-state index is -4.39. The minimum absolute atomic E-state index is 0.0500. The monoisotopic (exact) mass is 932 g/mol. The maximum Gasteiger partial charge on any atom is 0.472 e. The first kappa shape index (κ1) is 62.4. The summed E-state index contributed by atoms with van der Waals surface area (Å²) in [4.78, 5) is 35.1. The van der Waals surface area contributed by atoms with E-state index < -0.39 is 26.5 Å².